The molecular formula is C9H13N11O2. The van der Waals surface area contributed by atoms with Crippen molar-refractivity contribution in [3.63, 3.8) is 0 Å². The second-order valence-electron chi connectivity index (χ2n) is 3.80. The molecule has 1 unspecified atom stereocenters. The predicted octanol–water partition coefficient (Wildman–Crippen LogP) is -0.266. The van der Waals surface area contributed by atoms with Crippen molar-refractivity contribution in [1.29, 1.82) is 11.1 Å². The van der Waals surface area contributed by atoms with Crippen LogP contribution in [-0.2, 0) is 9.59 Å². The molecule has 13 heteroatoms. The molecule has 0 fully saturated rings. The Balaban J connectivity index is 3.06. The highest BCUT2D eigenvalue weighted by atomic mass is 16.2. The van der Waals surface area contributed by atoms with E-state index in [1.54, 1.807) is 0 Å². The number of nitrogens with two attached hydrogens (primary N) is 2. The van der Waals surface area contributed by atoms with Crippen LogP contribution in [0.3, 0.4) is 0 Å². The van der Waals surface area contributed by atoms with Crippen LogP contribution in [0.1, 0.15) is 12.8 Å². The van der Waals surface area contributed by atoms with Crippen molar-refractivity contribution in [2.45, 2.75) is 19.0 Å². The first-order chi connectivity index (χ1) is 10.6. The van der Waals surface area contributed by atoms with Gasteiger partial charge in [-0.25, -0.2) is 20.9 Å². The molecule has 0 saturated heterocycles. The number of amidine groups is 1. The number of aliphatic imine (C=N–C) groups is 2. The summed E-state index contributed by atoms with van der Waals surface area (Å²) in [5.74, 6) is 3.62. The first kappa shape index (κ1) is 16.7. The van der Waals surface area contributed by atoms with Crippen LogP contribution in [-0.4, -0.2) is 29.5 Å². The summed E-state index contributed by atoms with van der Waals surface area (Å²) in [7, 11) is 0. The van der Waals surface area contributed by atoms with E-state index in [-0.39, 0.29) is 30.0 Å². The predicted molar refractivity (Wildman–Crippen MR) is 72.7 cm³/mol. The summed E-state index contributed by atoms with van der Waals surface area (Å²) in [6, 6.07) is 0. The van der Waals surface area contributed by atoms with Crippen LogP contribution in [0.4, 0.5) is 0 Å². The van der Waals surface area contributed by atoms with Crippen molar-refractivity contribution in [3.05, 3.63) is 11.8 Å². The number of nitrogens with zero attached hydrogens (tertiary/aromatic N) is 6. The number of nitrogens with one attached hydrogen (secondary N) is 3. The van der Waals surface area contributed by atoms with Gasteiger partial charge in [0.15, 0.2) is 6.17 Å². The number of hydrogen-bond acceptors (Lipinski definition) is 10. The third-order valence-electron chi connectivity index (χ3n) is 2.48. The lowest BCUT2D eigenvalue weighted by Crippen LogP contribution is -2.29. The summed E-state index contributed by atoms with van der Waals surface area (Å²) in [4.78, 5) is 30.8. The Kier molecular flexibility index (Phi) is 6.09. The molecule has 0 aromatic heterocycles. The van der Waals surface area contributed by atoms with E-state index in [1.165, 1.54) is 0 Å². The van der Waals surface area contributed by atoms with Crippen LogP contribution in [0, 0.1) is 11.1 Å². The van der Waals surface area contributed by atoms with Crippen LogP contribution in [0.25, 0.3) is 0 Å². The van der Waals surface area contributed by atoms with Crippen molar-refractivity contribution in [3.8, 4) is 0 Å². The molecule has 0 saturated carbocycles. The monoisotopic (exact) mass is 307 g/mol. The molecular weight excluding hydrogens is 294 g/mol. The van der Waals surface area contributed by atoms with E-state index in [2.05, 4.69) is 30.7 Å². The zero-order chi connectivity index (χ0) is 16.5. The van der Waals surface area contributed by atoms with Crippen molar-refractivity contribution in [2.24, 2.45) is 42.2 Å². The van der Waals surface area contributed by atoms with Gasteiger partial charge in [0.1, 0.15) is 11.5 Å². The highest BCUT2D eigenvalue weighted by Gasteiger charge is 2.28. The molecule has 7 N–H and O–H groups in total. The van der Waals surface area contributed by atoms with Gasteiger partial charge in [0, 0.05) is 24.6 Å². The smallest absolute Gasteiger partial charge is 0.313 e. The third-order valence-corrected chi connectivity index (χ3v) is 2.48. The molecule has 1 aliphatic rings. The van der Waals surface area contributed by atoms with Gasteiger partial charge in [0.05, 0.1) is 0 Å². The highest BCUT2D eigenvalue weighted by Crippen LogP contribution is 2.18. The van der Waals surface area contributed by atoms with Crippen LogP contribution in [0.2, 0.25) is 0 Å². The van der Waals surface area contributed by atoms with Crippen LogP contribution in [0.15, 0.2) is 42.4 Å². The maximum atomic E-state index is 11.6. The number of rotatable bonds is 6. The molecule has 0 radical (unpaired) electrons. The second kappa shape index (κ2) is 8.03. The van der Waals surface area contributed by atoms with Gasteiger partial charge in [0.25, 0.3) is 0 Å². The molecule has 2 amide bonds. The largest absolute Gasteiger partial charge is 0.404 e. The van der Waals surface area contributed by atoms with E-state index in [1.807, 2.05) is 5.43 Å². The van der Waals surface area contributed by atoms with Crippen molar-refractivity contribution in [2.75, 3.05) is 0 Å². The molecule has 1 atom stereocenters. The lowest BCUT2D eigenvalue weighted by atomic mass is 10.1. The molecule has 0 aromatic carbocycles. The molecule has 0 bridgehead atoms. The fraction of sp³-hybridized carbons (Fsp3) is 0.333. The second-order valence-corrected chi connectivity index (χ2v) is 3.80. The van der Waals surface area contributed by atoms with Gasteiger partial charge in [-0.2, -0.15) is 5.53 Å². The lowest BCUT2D eigenvalue weighted by molar-refractivity contribution is -0.121. The average molecular weight is 307 g/mol. The summed E-state index contributed by atoms with van der Waals surface area (Å²) in [6.45, 7) is 0. The van der Waals surface area contributed by atoms with Gasteiger partial charge in [-0.1, -0.05) is 10.4 Å². The SMILES string of the molecule is N=NNC(=O)CCC1=NC(N=NN)C(=CN)C(C(=O)N=N)=N1. The van der Waals surface area contributed by atoms with Gasteiger partial charge in [-0.3, -0.25) is 9.59 Å². The maximum Gasteiger partial charge on any atom is 0.313 e. The Hall–Kier alpha value is -3.38. The normalized spacial score (nSPS) is 19.5. The zero-order valence-electron chi connectivity index (χ0n) is 11.2. The summed E-state index contributed by atoms with van der Waals surface area (Å²) in [6.07, 6.45) is 0.0167. The third kappa shape index (κ3) is 4.06. The van der Waals surface area contributed by atoms with Crippen LogP contribution < -0.4 is 17.0 Å². The molecule has 0 spiro atoms. The minimum absolute atomic E-state index is 0.0462. The summed E-state index contributed by atoms with van der Waals surface area (Å²) in [5, 5.41) is 12.2. The minimum atomic E-state index is -1.01. The number of carbonyl (C=O) groups excluding carboxylic acids is 2. The molecule has 116 valence electrons. The number of carbonyl (C=O) groups is 2. The maximum absolute atomic E-state index is 11.6. The van der Waals surface area contributed by atoms with E-state index >= 15 is 0 Å². The quantitative estimate of drug-likeness (QED) is 0.254. The summed E-state index contributed by atoms with van der Waals surface area (Å²) in [5.41, 5.74) is 20.5. The van der Waals surface area contributed by atoms with E-state index in [0.29, 0.717) is 0 Å². The molecule has 22 heavy (non-hydrogen) atoms. The molecule has 1 heterocycles. The zero-order valence-corrected chi connectivity index (χ0v) is 11.2. The molecule has 13 nitrogen and oxygen atoms in total. The fourth-order valence-electron chi connectivity index (χ4n) is 1.56. The van der Waals surface area contributed by atoms with Gasteiger partial charge in [-0.15, -0.1) is 10.2 Å². The van der Waals surface area contributed by atoms with E-state index in [9.17, 15) is 9.59 Å². The van der Waals surface area contributed by atoms with E-state index in [4.69, 9.17) is 22.6 Å². The topological polar surface area (TPSA) is 220 Å². The van der Waals surface area contributed by atoms with Gasteiger partial charge in [0.2, 0.25) is 5.91 Å². The van der Waals surface area contributed by atoms with Crippen molar-refractivity contribution in [1.82, 2.24) is 5.43 Å². The van der Waals surface area contributed by atoms with E-state index < -0.39 is 18.0 Å². The summed E-state index contributed by atoms with van der Waals surface area (Å²) >= 11 is 0. The Morgan fingerprint density at radius 1 is 1.41 bits per heavy atom. The van der Waals surface area contributed by atoms with Gasteiger partial charge >= 0.3 is 5.91 Å². The van der Waals surface area contributed by atoms with Crippen molar-refractivity contribution < 1.29 is 9.59 Å². The number of hydrogen-bond donors (Lipinski definition) is 5. The minimum Gasteiger partial charge on any atom is -0.404 e. The van der Waals surface area contributed by atoms with Crippen molar-refractivity contribution >= 4 is 23.4 Å². The number of amides is 2. The van der Waals surface area contributed by atoms with Gasteiger partial charge in [-0.05, 0) is 0 Å². The average Bonchev–Trinajstić information content (AvgIpc) is 2.52. The van der Waals surface area contributed by atoms with E-state index in [0.717, 1.165) is 6.20 Å². The Morgan fingerprint density at radius 2 is 2.14 bits per heavy atom. The van der Waals surface area contributed by atoms with Crippen LogP contribution in [0.5, 0.6) is 0 Å². The first-order valence-corrected chi connectivity index (χ1v) is 5.82. The fourth-order valence-corrected chi connectivity index (χ4v) is 1.56. The lowest BCUT2D eigenvalue weighted by Gasteiger charge is -2.17. The first-order valence-electron chi connectivity index (χ1n) is 5.82. The standard InChI is InChI=1S/C9H13N11O2/c10-3-4-7(9(22)16-11)14-5(15-8(4)18-20-13)1-2-6(21)17-19-12/h3,8,11H,1-2,10H2,(H2,13,18)(H2,12,17,21). The summed E-state index contributed by atoms with van der Waals surface area (Å²) < 4.78 is 0. The Morgan fingerprint density at radius 3 is 2.68 bits per heavy atom. The molecule has 1 aliphatic heterocycles. The Bertz CT molecular complexity index is 603. The molecule has 0 aromatic rings. The van der Waals surface area contributed by atoms with Crippen LogP contribution >= 0.6 is 0 Å². The Labute approximate surface area is 123 Å². The molecule has 1 rings (SSSR count). The molecule has 0 aliphatic carbocycles. The highest BCUT2D eigenvalue weighted by molar-refractivity contribution is 6.47. The van der Waals surface area contributed by atoms with Gasteiger partial charge < -0.3 is 11.6 Å².